The highest BCUT2D eigenvalue weighted by Gasteiger charge is 2.24. The van der Waals surface area contributed by atoms with Crippen LogP contribution >= 0.6 is 15.9 Å². The molecule has 0 spiro atoms. The molecule has 1 aromatic carbocycles. The molecule has 1 aliphatic rings. The third kappa shape index (κ3) is 3.20. The van der Waals surface area contributed by atoms with Gasteiger partial charge >= 0.3 is 10.2 Å². The molecule has 0 radical (unpaired) electrons. The Hall–Kier alpha value is -0.590. The van der Waals surface area contributed by atoms with Crippen LogP contribution in [0.4, 0.5) is 5.69 Å². The first-order valence-corrected chi connectivity index (χ1v) is 7.85. The molecule has 1 saturated heterocycles. The van der Waals surface area contributed by atoms with Gasteiger partial charge in [0.15, 0.2) is 0 Å². The molecular weight excluding hydrogens is 304 g/mol. The zero-order valence-corrected chi connectivity index (χ0v) is 11.8. The molecule has 0 aromatic heterocycles. The largest absolute Gasteiger partial charge is 0.301 e. The molecule has 0 unspecified atom stereocenters. The van der Waals surface area contributed by atoms with Crippen molar-refractivity contribution in [2.24, 2.45) is 0 Å². The van der Waals surface area contributed by atoms with E-state index in [1.165, 1.54) is 4.31 Å². The second-order valence-electron chi connectivity index (χ2n) is 4.05. The molecule has 94 valence electrons. The molecule has 1 fully saturated rings. The molecule has 1 N–H and O–H groups in total. The molecule has 1 heterocycles. The van der Waals surface area contributed by atoms with Crippen LogP contribution in [0.15, 0.2) is 28.7 Å². The number of nitrogens with one attached hydrogen (secondary N) is 1. The van der Waals surface area contributed by atoms with Gasteiger partial charge < -0.3 is 0 Å². The Kier molecular flexibility index (Phi) is 4.06. The molecule has 0 bridgehead atoms. The number of nitrogens with zero attached hydrogens (tertiary/aromatic N) is 1. The van der Waals surface area contributed by atoms with E-state index in [0.29, 0.717) is 18.8 Å². The molecule has 0 amide bonds. The molecular formula is C11H15BrN2O2S. The molecule has 0 atom stereocenters. The topological polar surface area (TPSA) is 49.4 Å². The quantitative estimate of drug-likeness (QED) is 0.931. The van der Waals surface area contributed by atoms with Crippen LogP contribution < -0.4 is 4.72 Å². The maximum Gasteiger partial charge on any atom is 0.301 e. The average Bonchev–Trinajstić information content (AvgIpc) is 2.33. The van der Waals surface area contributed by atoms with Crippen LogP contribution in [-0.4, -0.2) is 25.8 Å². The Morgan fingerprint density at radius 2 is 1.76 bits per heavy atom. The van der Waals surface area contributed by atoms with Crippen LogP contribution in [-0.2, 0) is 10.2 Å². The molecule has 0 saturated carbocycles. The number of para-hydroxylation sites is 1. The summed E-state index contributed by atoms with van der Waals surface area (Å²) in [7, 11) is -3.41. The van der Waals surface area contributed by atoms with Crippen LogP contribution in [0.5, 0.6) is 0 Å². The summed E-state index contributed by atoms with van der Waals surface area (Å²) in [6.07, 6.45) is 2.99. The first kappa shape index (κ1) is 12.9. The highest BCUT2D eigenvalue weighted by atomic mass is 79.9. The number of rotatable bonds is 3. The first-order valence-electron chi connectivity index (χ1n) is 5.62. The van der Waals surface area contributed by atoms with Crippen molar-refractivity contribution >= 4 is 31.8 Å². The second kappa shape index (κ2) is 5.37. The SMILES string of the molecule is O=S(=O)(Nc1ccccc1Br)N1CCCCC1. The average molecular weight is 319 g/mol. The number of hydrogen-bond donors (Lipinski definition) is 1. The van der Waals surface area contributed by atoms with Gasteiger partial charge in [-0.2, -0.15) is 12.7 Å². The summed E-state index contributed by atoms with van der Waals surface area (Å²) in [6, 6.07) is 7.21. The van der Waals surface area contributed by atoms with Crippen LogP contribution in [0.1, 0.15) is 19.3 Å². The third-order valence-electron chi connectivity index (χ3n) is 2.77. The highest BCUT2D eigenvalue weighted by molar-refractivity contribution is 9.10. The van der Waals surface area contributed by atoms with E-state index < -0.39 is 10.2 Å². The van der Waals surface area contributed by atoms with Gasteiger partial charge in [0, 0.05) is 17.6 Å². The van der Waals surface area contributed by atoms with E-state index >= 15 is 0 Å². The molecule has 17 heavy (non-hydrogen) atoms. The number of anilines is 1. The Labute approximate surface area is 110 Å². The van der Waals surface area contributed by atoms with Gasteiger partial charge in [0.1, 0.15) is 0 Å². The Morgan fingerprint density at radius 3 is 2.41 bits per heavy atom. The van der Waals surface area contributed by atoms with Gasteiger partial charge in [0.05, 0.1) is 5.69 Å². The predicted molar refractivity (Wildman–Crippen MR) is 72.1 cm³/mol. The van der Waals surface area contributed by atoms with Crippen molar-refractivity contribution < 1.29 is 8.42 Å². The molecule has 1 aromatic rings. The fourth-order valence-corrected chi connectivity index (χ4v) is 3.69. The van der Waals surface area contributed by atoms with Gasteiger partial charge in [-0.25, -0.2) is 0 Å². The van der Waals surface area contributed by atoms with Gasteiger partial charge in [-0.15, -0.1) is 0 Å². The van der Waals surface area contributed by atoms with Crippen LogP contribution in [0.2, 0.25) is 0 Å². The summed E-state index contributed by atoms with van der Waals surface area (Å²) in [5.41, 5.74) is 0.582. The second-order valence-corrected chi connectivity index (χ2v) is 6.57. The van der Waals surface area contributed by atoms with E-state index in [1.807, 2.05) is 12.1 Å². The maximum absolute atomic E-state index is 12.1. The van der Waals surface area contributed by atoms with E-state index in [4.69, 9.17) is 0 Å². The first-order chi connectivity index (χ1) is 8.09. The van der Waals surface area contributed by atoms with E-state index in [0.717, 1.165) is 23.7 Å². The van der Waals surface area contributed by atoms with Crippen molar-refractivity contribution in [1.29, 1.82) is 0 Å². The van der Waals surface area contributed by atoms with E-state index in [1.54, 1.807) is 12.1 Å². The fraction of sp³-hybridized carbons (Fsp3) is 0.455. The molecule has 2 rings (SSSR count). The summed E-state index contributed by atoms with van der Waals surface area (Å²) in [5.74, 6) is 0. The Balaban J connectivity index is 2.14. The Morgan fingerprint density at radius 1 is 1.12 bits per heavy atom. The smallest absolute Gasteiger partial charge is 0.270 e. The Bertz CT molecular complexity index is 484. The lowest BCUT2D eigenvalue weighted by Gasteiger charge is -2.26. The van der Waals surface area contributed by atoms with Crippen molar-refractivity contribution in [3.05, 3.63) is 28.7 Å². The maximum atomic E-state index is 12.1. The fourth-order valence-electron chi connectivity index (χ4n) is 1.85. The molecule has 1 aliphatic heterocycles. The van der Waals surface area contributed by atoms with Gasteiger partial charge in [0.2, 0.25) is 0 Å². The lowest BCUT2D eigenvalue weighted by molar-refractivity contribution is 0.349. The summed E-state index contributed by atoms with van der Waals surface area (Å²) in [6.45, 7) is 1.22. The normalized spacial score (nSPS) is 17.9. The van der Waals surface area contributed by atoms with Gasteiger partial charge in [-0.1, -0.05) is 18.6 Å². The lowest BCUT2D eigenvalue weighted by atomic mass is 10.2. The van der Waals surface area contributed by atoms with Gasteiger partial charge in [-0.05, 0) is 40.9 Å². The van der Waals surface area contributed by atoms with Crippen molar-refractivity contribution in [3.8, 4) is 0 Å². The number of piperidine rings is 1. The summed E-state index contributed by atoms with van der Waals surface area (Å²) < 4.78 is 29.1. The highest BCUT2D eigenvalue weighted by Crippen LogP contribution is 2.24. The number of hydrogen-bond acceptors (Lipinski definition) is 2. The summed E-state index contributed by atoms with van der Waals surface area (Å²) in [4.78, 5) is 0. The van der Waals surface area contributed by atoms with Crippen molar-refractivity contribution in [2.45, 2.75) is 19.3 Å². The minimum atomic E-state index is -3.41. The predicted octanol–water partition coefficient (Wildman–Crippen LogP) is 2.59. The van der Waals surface area contributed by atoms with E-state index in [9.17, 15) is 8.42 Å². The zero-order valence-electron chi connectivity index (χ0n) is 9.39. The monoisotopic (exact) mass is 318 g/mol. The molecule has 0 aliphatic carbocycles. The minimum Gasteiger partial charge on any atom is -0.270 e. The van der Waals surface area contributed by atoms with Crippen molar-refractivity contribution in [2.75, 3.05) is 17.8 Å². The van der Waals surface area contributed by atoms with Crippen LogP contribution in [0.25, 0.3) is 0 Å². The van der Waals surface area contributed by atoms with Crippen LogP contribution in [0, 0.1) is 0 Å². The van der Waals surface area contributed by atoms with Crippen molar-refractivity contribution in [3.63, 3.8) is 0 Å². The third-order valence-corrected chi connectivity index (χ3v) is 4.98. The lowest BCUT2D eigenvalue weighted by Crippen LogP contribution is -2.39. The molecule has 6 heteroatoms. The van der Waals surface area contributed by atoms with E-state index in [2.05, 4.69) is 20.7 Å². The minimum absolute atomic E-state index is 0.582. The standard InChI is InChI=1S/C11H15BrN2O2S/c12-10-6-2-3-7-11(10)13-17(15,16)14-8-4-1-5-9-14/h2-3,6-7,13H,1,4-5,8-9H2. The summed E-state index contributed by atoms with van der Waals surface area (Å²) >= 11 is 3.33. The number of halogens is 1. The zero-order chi connectivity index (χ0) is 12.3. The van der Waals surface area contributed by atoms with Gasteiger partial charge in [0.25, 0.3) is 0 Å². The number of benzene rings is 1. The van der Waals surface area contributed by atoms with Crippen LogP contribution in [0.3, 0.4) is 0 Å². The summed E-state index contributed by atoms with van der Waals surface area (Å²) in [5, 5.41) is 0. The van der Waals surface area contributed by atoms with E-state index in [-0.39, 0.29) is 0 Å². The van der Waals surface area contributed by atoms with Gasteiger partial charge in [-0.3, -0.25) is 4.72 Å². The molecule has 4 nitrogen and oxygen atoms in total. The van der Waals surface area contributed by atoms with Crippen molar-refractivity contribution in [1.82, 2.24) is 4.31 Å².